The Kier molecular flexibility index (Phi) is 7.44. The molecule has 162 valence electrons. The van der Waals surface area contributed by atoms with Crippen LogP contribution in [0.25, 0.3) is 0 Å². The number of likely N-dealkylation sites (N-methyl/N-ethyl adjacent to an activating group) is 1. The zero-order valence-corrected chi connectivity index (χ0v) is 18.2. The number of hydrogen-bond acceptors (Lipinski definition) is 5. The Labute approximate surface area is 176 Å². The third-order valence-corrected chi connectivity index (χ3v) is 6.16. The number of anilines is 1. The highest BCUT2D eigenvalue weighted by Crippen LogP contribution is 2.29. The molecule has 0 unspecified atom stereocenters. The summed E-state index contributed by atoms with van der Waals surface area (Å²) in [6.45, 7) is 7.14. The maximum atomic E-state index is 13.1. The quantitative estimate of drug-likeness (QED) is 0.558. The first kappa shape index (κ1) is 23.2. The number of nitrogens with one attached hydrogen (secondary N) is 2. The molecule has 0 aromatic heterocycles. The topological polar surface area (TPSA) is 122 Å². The molecule has 2 rings (SSSR count). The molecule has 2 aromatic carbocycles. The predicted octanol–water partition coefficient (Wildman–Crippen LogP) is 2.55. The lowest BCUT2D eigenvalue weighted by atomic mass is 9.97. The van der Waals surface area contributed by atoms with Crippen LogP contribution in [0.3, 0.4) is 0 Å². The molecule has 0 radical (unpaired) electrons. The first-order valence-electron chi connectivity index (χ1n) is 9.39. The molecular weight excluding hydrogens is 408 g/mol. The van der Waals surface area contributed by atoms with Gasteiger partial charge in [0.15, 0.2) is 6.61 Å². The molecule has 0 saturated heterocycles. The molecule has 2 aromatic rings. The van der Waals surface area contributed by atoms with Gasteiger partial charge in [0.25, 0.3) is 15.9 Å². The van der Waals surface area contributed by atoms with Gasteiger partial charge in [0.1, 0.15) is 5.75 Å². The standard InChI is InChI=1S/C21H26N2O6S/c1-5-22-19(24)12-29-17-8-6-7-16(10-17)23-30(27,28)21-14(3)9-13(2)18(15(21)4)11-20(25)26/h6-10,23H,5,11-12H2,1-4H3,(H,22,24)(H,25,26). The third kappa shape index (κ3) is 5.73. The zero-order chi connectivity index (χ0) is 22.5. The monoisotopic (exact) mass is 434 g/mol. The van der Waals surface area contributed by atoms with Crippen LogP contribution in [-0.2, 0) is 26.0 Å². The van der Waals surface area contributed by atoms with E-state index in [0.29, 0.717) is 29.0 Å². The van der Waals surface area contributed by atoms with E-state index < -0.39 is 16.0 Å². The van der Waals surface area contributed by atoms with Crippen LogP contribution in [0.5, 0.6) is 5.75 Å². The molecule has 3 N–H and O–H groups in total. The molecule has 0 aliphatic heterocycles. The number of hydrogen-bond donors (Lipinski definition) is 3. The van der Waals surface area contributed by atoms with Gasteiger partial charge in [-0.05, 0) is 62.1 Å². The Balaban J connectivity index is 2.32. The van der Waals surface area contributed by atoms with E-state index in [1.807, 2.05) is 0 Å². The van der Waals surface area contributed by atoms with Gasteiger partial charge in [-0.15, -0.1) is 0 Å². The number of ether oxygens (including phenoxy) is 1. The molecular formula is C21H26N2O6S. The molecule has 9 heteroatoms. The summed E-state index contributed by atoms with van der Waals surface area (Å²) in [6, 6.07) is 7.94. The van der Waals surface area contributed by atoms with Gasteiger partial charge in [0.05, 0.1) is 17.0 Å². The summed E-state index contributed by atoms with van der Waals surface area (Å²) in [5.74, 6) is -0.968. The van der Waals surface area contributed by atoms with Crippen LogP contribution in [0.1, 0.15) is 29.2 Å². The van der Waals surface area contributed by atoms with E-state index in [4.69, 9.17) is 9.84 Å². The van der Waals surface area contributed by atoms with Crippen molar-refractivity contribution in [2.24, 2.45) is 0 Å². The smallest absolute Gasteiger partial charge is 0.307 e. The van der Waals surface area contributed by atoms with Gasteiger partial charge >= 0.3 is 5.97 Å². The zero-order valence-electron chi connectivity index (χ0n) is 17.4. The Hall–Kier alpha value is -3.07. The van der Waals surface area contributed by atoms with E-state index in [0.717, 1.165) is 5.56 Å². The van der Waals surface area contributed by atoms with E-state index in [1.54, 1.807) is 52.0 Å². The lowest BCUT2D eigenvalue weighted by Gasteiger charge is -2.18. The van der Waals surface area contributed by atoms with Crippen LogP contribution in [-0.4, -0.2) is 38.6 Å². The largest absolute Gasteiger partial charge is 0.484 e. The van der Waals surface area contributed by atoms with Crippen molar-refractivity contribution in [3.8, 4) is 5.75 Å². The Morgan fingerprint density at radius 1 is 1.10 bits per heavy atom. The predicted molar refractivity (Wildman–Crippen MR) is 113 cm³/mol. The number of carbonyl (C=O) groups is 2. The number of carboxylic acids is 1. The van der Waals surface area contributed by atoms with Crippen molar-refractivity contribution in [3.05, 3.63) is 52.6 Å². The normalized spacial score (nSPS) is 11.1. The molecule has 0 bridgehead atoms. The first-order valence-corrected chi connectivity index (χ1v) is 10.9. The second kappa shape index (κ2) is 9.62. The molecule has 8 nitrogen and oxygen atoms in total. The maximum Gasteiger partial charge on any atom is 0.307 e. The highest BCUT2D eigenvalue weighted by molar-refractivity contribution is 7.92. The number of amides is 1. The molecule has 0 aliphatic carbocycles. The van der Waals surface area contributed by atoms with Gasteiger partial charge in [-0.3, -0.25) is 14.3 Å². The molecule has 1 amide bonds. The van der Waals surface area contributed by atoms with Crippen LogP contribution in [0.2, 0.25) is 0 Å². The second-order valence-corrected chi connectivity index (χ2v) is 8.51. The van der Waals surface area contributed by atoms with Crippen molar-refractivity contribution in [2.75, 3.05) is 17.9 Å². The van der Waals surface area contributed by atoms with Crippen molar-refractivity contribution < 1.29 is 27.9 Å². The highest BCUT2D eigenvalue weighted by atomic mass is 32.2. The van der Waals surface area contributed by atoms with Crippen molar-refractivity contribution in [1.82, 2.24) is 5.32 Å². The minimum Gasteiger partial charge on any atom is -0.484 e. The van der Waals surface area contributed by atoms with E-state index in [9.17, 15) is 18.0 Å². The van der Waals surface area contributed by atoms with Gasteiger partial charge in [0.2, 0.25) is 0 Å². The van der Waals surface area contributed by atoms with E-state index in [2.05, 4.69) is 10.0 Å². The maximum absolute atomic E-state index is 13.1. The van der Waals surface area contributed by atoms with Crippen LogP contribution in [0, 0.1) is 20.8 Å². The average molecular weight is 435 g/mol. The molecule has 0 saturated carbocycles. The summed E-state index contributed by atoms with van der Waals surface area (Å²) >= 11 is 0. The summed E-state index contributed by atoms with van der Waals surface area (Å²) in [4.78, 5) is 22.8. The summed E-state index contributed by atoms with van der Waals surface area (Å²) in [5, 5.41) is 11.8. The van der Waals surface area contributed by atoms with Gasteiger partial charge in [-0.1, -0.05) is 12.1 Å². The Bertz CT molecular complexity index is 1060. The Morgan fingerprint density at radius 2 is 1.80 bits per heavy atom. The number of aliphatic carboxylic acids is 1. The second-order valence-electron chi connectivity index (χ2n) is 6.89. The van der Waals surface area contributed by atoms with Gasteiger partial charge in [-0.25, -0.2) is 8.42 Å². The van der Waals surface area contributed by atoms with Crippen LogP contribution < -0.4 is 14.8 Å². The summed E-state index contributed by atoms with van der Waals surface area (Å²) in [6.07, 6.45) is -0.260. The third-order valence-electron chi connectivity index (χ3n) is 4.49. The Morgan fingerprint density at radius 3 is 2.43 bits per heavy atom. The lowest BCUT2D eigenvalue weighted by molar-refractivity contribution is -0.136. The van der Waals surface area contributed by atoms with Crippen LogP contribution in [0.4, 0.5) is 5.69 Å². The first-order chi connectivity index (χ1) is 14.0. The van der Waals surface area contributed by atoms with Gasteiger partial charge in [0, 0.05) is 12.6 Å². The minimum absolute atomic E-state index is 0.0537. The fourth-order valence-corrected chi connectivity index (χ4v) is 4.84. The van der Waals surface area contributed by atoms with Gasteiger partial charge in [-0.2, -0.15) is 0 Å². The number of sulfonamides is 1. The van der Waals surface area contributed by atoms with Crippen LogP contribution >= 0.6 is 0 Å². The van der Waals surface area contributed by atoms with E-state index >= 15 is 0 Å². The average Bonchev–Trinajstić information content (AvgIpc) is 2.63. The highest BCUT2D eigenvalue weighted by Gasteiger charge is 2.24. The molecule has 0 spiro atoms. The minimum atomic E-state index is -3.98. The fraction of sp³-hybridized carbons (Fsp3) is 0.333. The molecule has 0 atom stereocenters. The number of carbonyl (C=O) groups excluding carboxylic acids is 1. The van der Waals surface area contributed by atoms with Crippen molar-refractivity contribution in [1.29, 1.82) is 0 Å². The lowest BCUT2D eigenvalue weighted by Crippen LogP contribution is -2.28. The van der Waals surface area contributed by atoms with E-state index in [1.165, 1.54) is 6.07 Å². The number of aryl methyl sites for hydroxylation is 2. The fourth-order valence-electron chi connectivity index (χ4n) is 3.30. The molecule has 0 heterocycles. The molecule has 0 aliphatic rings. The molecule has 30 heavy (non-hydrogen) atoms. The van der Waals surface area contributed by atoms with Crippen molar-refractivity contribution in [3.63, 3.8) is 0 Å². The van der Waals surface area contributed by atoms with Crippen molar-refractivity contribution >= 4 is 27.6 Å². The van der Waals surface area contributed by atoms with Crippen molar-refractivity contribution in [2.45, 2.75) is 39.0 Å². The molecule has 0 fully saturated rings. The van der Waals surface area contributed by atoms with E-state index in [-0.39, 0.29) is 29.5 Å². The summed E-state index contributed by atoms with van der Waals surface area (Å²) in [7, 11) is -3.98. The number of rotatable bonds is 9. The number of carboxylic acid groups (broad SMARTS) is 1. The summed E-state index contributed by atoms with van der Waals surface area (Å²) < 4.78 is 34.1. The summed E-state index contributed by atoms with van der Waals surface area (Å²) in [5.41, 5.74) is 2.41. The number of benzene rings is 2. The van der Waals surface area contributed by atoms with Gasteiger partial charge < -0.3 is 15.2 Å². The van der Waals surface area contributed by atoms with Crippen LogP contribution in [0.15, 0.2) is 35.2 Å². The SMILES string of the molecule is CCNC(=O)COc1cccc(NS(=O)(=O)c2c(C)cc(C)c(CC(=O)O)c2C)c1.